The van der Waals surface area contributed by atoms with Crippen LogP contribution in [0.15, 0.2) is 66.3 Å². The molecule has 1 aliphatic heterocycles. The van der Waals surface area contributed by atoms with Crippen molar-refractivity contribution in [2.75, 3.05) is 11.9 Å². The predicted octanol–water partition coefficient (Wildman–Crippen LogP) is 4.22. The third-order valence-corrected chi connectivity index (χ3v) is 4.11. The molecule has 1 N–H and O–H groups in total. The molecule has 0 aromatic heterocycles. The Kier molecular flexibility index (Phi) is 5.71. The zero-order valence-electron chi connectivity index (χ0n) is 15.3. The number of esters is 1. The van der Waals surface area contributed by atoms with Crippen molar-refractivity contribution in [1.82, 2.24) is 0 Å². The van der Waals surface area contributed by atoms with E-state index in [9.17, 15) is 9.59 Å². The van der Waals surface area contributed by atoms with E-state index in [1.807, 2.05) is 37.3 Å². The van der Waals surface area contributed by atoms with Crippen LogP contribution >= 0.6 is 0 Å². The smallest absolute Gasteiger partial charge is 0.338 e. The van der Waals surface area contributed by atoms with Gasteiger partial charge in [0, 0.05) is 17.3 Å². The van der Waals surface area contributed by atoms with Crippen LogP contribution in [0.25, 0.3) is 6.08 Å². The molecule has 0 spiro atoms. The lowest BCUT2D eigenvalue weighted by molar-refractivity contribution is -0.111. The number of benzene rings is 2. The van der Waals surface area contributed by atoms with E-state index in [4.69, 9.17) is 9.47 Å². The second kappa shape index (κ2) is 8.36. The first-order valence-electron chi connectivity index (χ1n) is 8.80. The molecule has 1 amide bonds. The van der Waals surface area contributed by atoms with E-state index in [0.717, 1.165) is 16.9 Å². The van der Waals surface area contributed by atoms with Gasteiger partial charge in [-0.2, -0.15) is 0 Å². The molecule has 5 nitrogen and oxygen atoms in total. The lowest BCUT2D eigenvalue weighted by Crippen LogP contribution is -2.18. The van der Waals surface area contributed by atoms with Crippen LogP contribution in [0.3, 0.4) is 0 Å². The Balaban J connectivity index is 1.64. The molecular formula is C22H21NO4. The van der Waals surface area contributed by atoms with E-state index >= 15 is 0 Å². The zero-order chi connectivity index (χ0) is 19.2. The van der Waals surface area contributed by atoms with Gasteiger partial charge in [0.1, 0.15) is 11.9 Å². The quantitative estimate of drug-likeness (QED) is 0.638. The SMILES string of the molecule is CCOC(=O)c1ccc(NC(=O)/C=C/C2=Cc3ccccc3OC2C)cc1. The number of nitrogens with one attached hydrogen (secondary N) is 1. The van der Waals surface area contributed by atoms with Gasteiger partial charge in [-0.05, 0) is 61.9 Å². The number of hydrogen-bond donors (Lipinski definition) is 1. The van der Waals surface area contributed by atoms with Gasteiger partial charge >= 0.3 is 5.97 Å². The van der Waals surface area contributed by atoms with Gasteiger partial charge in [0.15, 0.2) is 0 Å². The second-order valence-electron chi connectivity index (χ2n) is 6.06. The molecule has 0 saturated carbocycles. The number of carbonyl (C=O) groups excluding carboxylic acids is 2. The molecule has 3 rings (SSSR count). The van der Waals surface area contributed by atoms with E-state index < -0.39 is 0 Å². The molecule has 5 heteroatoms. The molecule has 0 bridgehead atoms. The van der Waals surface area contributed by atoms with Crippen LogP contribution in [0, 0.1) is 0 Å². The third-order valence-electron chi connectivity index (χ3n) is 4.11. The first-order chi connectivity index (χ1) is 13.1. The lowest BCUT2D eigenvalue weighted by atomic mass is 10.0. The van der Waals surface area contributed by atoms with Crippen molar-refractivity contribution < 1.29 is 19.1 Å². The molecule has 1 atom stereocenters. The monoisotopic (exact) mass is 363 g/mol. The predicted molar refractivity (Wildman–Crippen MR) is 105 cm³/mol. The summed E-state index contributed by atoms with van der Waals surface area (Å²) >= 11 is 0. The molecule has 1 unspecified atom stereocenters. The Morgan fingerprint density at radius 2 is 1.89 bits per heavy atom. The molecule has 27 heavy (non-hydrogen) atoms. The molecule has 1 heterocycles. The van der Waals surface area contributed by atoms with Gasteiger partial charge in [-0.15, -0.1) is 0 Å². The fourth-order valence-corrected chi connectivity index (χ4v) is 2.71. The van der Waals surface area contributed by atoms with Crippen LogP contribution in [0.5, 0.6) is 5.75 Å². The summed E-state index contributed by atoms with van der Waals surface area (Å²) in [4.78, 5) is 23.8. The van der Waals surface area contributed by atoms with Crippen LogP contribution in [0.2, 0.25) is 0 Å². The Bertz CT molecular complexity index is 897. The van der Waals surface area contributed by atoms with Gasteiger partial charge < -0.3 is 14.8 Å². The number of hydrogen-bond acceptors (Lipinski definition) is 4. The number of amides is 1. The Labute approximate surface area is 158 Å². The fourth-order valence-electron chi connectivity index (χ4n) is 2.71. The fraction of sp³-hybridized carbons (Fsp3) is 0.182. The molecule has 0 saturated heterocycles. The summed E-state index contributed by atoms with van der Waals surface area (Å²) in [5, 5.41) is 2.77. The van der Waals surface area contributed by atoms with Crippen molar-refractivity contribution in [1.29, 1.82) is 0 Å². The zero-order valence-corrected chi connectivity index (χ0v) is 15.3. The molecule has 0 fully saturated rings. The summed E-state index contributed by atoms with van der Waals surface area (Å²) in [5.41, 5.74) is 2.96. The third kappa shape index (κ3) is 4.64. The van der Waals surface area contributed by atoms with Crippen LogP contribution in [-0.2, 0) is 9.53 Å². The highest BCUT2D eigenvalue weighted by molar-refractivity contribution is 6.00. The number of carbonyl (C=O) groups is 2. The summed E-state index contributed by atoms with van der Waals surface area (Å²) in [6.45, 7) is 4.02. The van der Waals surface area contributed by atoms with Crippen molar-refractivity contribution >= 4 is 23.6 Å². The highest BCUT2D eigenvalue weighted by Gasteiger charge is 2.16. The normalized spacial score (nSPS) is 15.5. The number of rotatable bonds is 5. The average Bonchev–Trinajstić information content (AvgIpc) is 2.67. The number of ether oxygens (including phenoxy) is 2. The van der Waals surface area contributed by atoms with Crippen LogP contribution in [-0.4, -0.2) is 24.6 Å². The number of para-hydroxylation sites is 1. The van der Waals surface area contributed by atoms with Crippen LogP contribution < -0.4 is 10.1 Å². The largest absolute Gasteiger partial charge is 0.485 e. The van der Waals surface area contributed by atoms with Gasteiger partial charge in [0.25, 0.3) is 0 Å². The van der Waals surface area contributed by atoms with Crippen molar-refractivity contribution in [2.24, 2.45) is 0 Å². The topological polar surface area (TPSA) is 64.6 Å². The summed E-state index contributed by atoms with van der Waals surface area (Å²) in [6, 6.07) is 14.3. The van der Waals surface area contributed by atoms with Crippen LogP contribution in [0.1, 0.15) is 29.8 Å². The summed E-state index contributed by atoms with van der Waals surface area (Å²) in [6.07, 6.45) is 5.11. The van der Waals surface area contributed by atoms with Crippen molar-refractivity contribution in [2.45, 2.75) is 20.0 Å². The molecule has 138 valence electrons. The second-order valence-corrected chi connectivity index (χ2v) is 6.06. The maximum Gasteiger partial charge on any atom is 0.338 e. The van der Waals surface area contributed by atoms with Crippen LogP contribution in [0.4, 0.5) is 5.69 Å². The van der Waals surface area contributed by atoms with Gasteiger partial charge in [0.05, 0.1) is 12.2 Å². The highest BCUT2D eigenvalue weighted by atomic mass is 16.5. The number of fused-ring (bicyclic) bond motifs is 1. The average molecular weight is 363 g/mol. The maximum atomic E-state index is 12.2. The summed E-state index contributed by atoms with van der Waals surface area (Å²) < 4.78 is 10.8. The van der Waals surface area contributed by atoms with Crippen molar-refractivity contribution in [3.63, 3.8) is 0 Å². The van der Waals surface area contributed by atoms with E-state index in [0.29, 0.717) is 17.9 Å². The van der Waals surface area contributed by atoms with Crippen molar-refractivity contribution in [3.8, 4) is 5.75 Å². The minimum absolute atomic E-state index is 0.132. The van der Waals surface area contributed by atoms with Gasteiger partial charge in [-0.25, -0.2) is 4.79 Å². The van der Waals surface area contributed by atoms with E-state index in [-0.39, 0.29) is 18.0 Å². The highest BCUT2D eigenvalue weighted by Crippen LogP contribution is 2.29. The molecular weight excluding hydrogens is 342 g/mol. The minimum Gasteiger partial charge on any atom is -0.485 e. The minimum atomic E-state index is -0.381. The van der Waals surface area contributed by atoms with Gasteiger partial charge in [-0.1, -0.05) is 18.2 Å². The lowest BCUT2D eigenvalue weighted by Gasteiger charge is -2.22. The van der Waals surface area contributed by atoms with Gasteiger partial charge in [-0.3, -0.25) is 4.79 Å². The first-order valence-corrected chi connectivity index (χ1v) is 8.80. The van der Waals surface area contributed by atoms with E-state index in [2.05, 4.69) is 5.32 Å². The molecule has 2 aromatic carbocycles. The molecule has 1 aliphatic rings. The standard InChI is InChI=1S/C22H21NO4/c1-3-26-22(25)16-8-11-19(12-9-16)23-21(24)13-10-17-14-18-6-4-5-7-20(18)27-15(17)2/h4-15H,3H2,1-2H3,(H,23,24)/b13-10+. The number of anilines is 1. The maximum absolute atomic E-state index is 12.2. The summed E-state index contributed by atoms with van der Waals surface area (Å²) in [5.74, 6) is 0.202. The van der Waals surface area contributed by atoms with Crippen molar-refractivity contribution in [3.05, 3.63) is 77.4 Å². The Morgan fingerprint density at radius 1 is 1.15 bits per heavy atom. The molecule has 0 radical (unpaired) electrons. The molecule has 0 aliphatic carbocycles. The van der Waals surface area contributed by atoms with E-state index in [1.54, 1.807) is 37.3 Å². The first kappa shape index (κ1) is 18.5. The Morgan fingerprint density at radius 3 is 2.63 bits per heavy atom. The summed E-state index contributed by atoms with van der Waals surface area (Å²) in [7, 11) is 0. The molecule has 2 aromatic rings. The Hall–Kier alpha value is -3.34. The van der Waals surface area contributed by atoms with E-state index in [1.165, 1.54) is 6.08 Å². The van der Waals surface area contributed by atoms with Gasteiger partial charge in [0.2, 0.25) is 5.91 Å².